The highest BCUT2D eigenvalue weighted by molar-refractivity contribution is 5.80. The van der Waals surface area contributed by atoms with Crippen LogP contribution in [-0.4, -0.2) is 39.6 Å². The van der Waals surface area contributed by atoms with Crippen molar-refractivity contribution in [3.63, 3.8) is 0 Å². The predicted molar refractivity (Wildman–Crippen MR) is 107 cm³/mol. The lowest BCUT2D eigenvalue weighted by molar-refractivity contribution is -0.121. The Morgan fingerprint density at radius 1 is 1.14 bits per heavy atom. The summed E-state index contributed by atoms with van der Waals surface area (Å²) in [7, 11) is 0. The van der Waals surface area contributed by atoms with Crippen molar-refractivity contribution in [2.75, 3.05) is 18.0 Å². The summed E-state index contributed by atoms with van der Waals surface area (Å²) in [4.78, 5) is 23.6. The molecule has 7 nitrogen and oxygen atoms in total. The standard InChI is InChI=1S/C21H21N5O2/c27-20(13-25-14-23-16-7-1-3-9-18(16)25)22-12-15-6-5-11-26(15)21-24-17-8-2-4-10-19(17)28-21/h1-4,7-10,14-15H,5-6,11-13H2,(H,22,27). The van der Waals surface area contributed by atoms with Gasteiger partial charge in [0.2, 0.25) is 5.91 Å². The van der Waals surface area contributed by atoms with Crippen molar-refractivity contribution in [1.82, 2.24) is 19.9 Å². The Morgan fingerprint density at radius 2 is 1.96 bits per heavy atom. The first kappa shape index (κ1) is 16.8. The number of amides is 1. The second-order valence-electron chi connectivity index (χ2n) is 7.12. The van der Waals surface area contributed by atoms with Gasteiger partial charge >= 0.3 is 0 Å². The molecule has 1 fully saturated rings. The average Bonchev–Trinajstić information content (AvgIpc) is 3.44. The molecule has 5 rings (SSSR count). The van der Waals surface area contributed by atoms with E-state index >= 15 is 0 Å². The van der Waals surface area contributed by atoms with Crippen LogP contribution in [0.25, 0.3) is 22.1 Å². The van der Waals surface area contributed by atoms with Crippen LogP contribution < -0.4 is 10.2 Å². The molecule has 3 heterocycles. The van der Waals surface area contributed by atoms with Crippen molar-refractivity contribution in [3.8, 4) is 0 Å². The number of carbonyl (C=O) groups excluding carboxylic acids is 1. The first-order valence-electron chi connectivity index (χ1n) is 9.57. The van der Waals surface area contributed by atoms with E-state index in [1.807, 2.05) is 53.1 Å². The molecule has 1 amide bonds. The monoisotopic (exact) mass is 375 g/mol. The van der Waals surface area contributed by atoms with Gasteiger partial charge in [-0.25, -0.2) is 4.98 Å². The fraction of sp³-hybridized carbons (Fsp3) is 0.286. The molecule has 1 saturated heterocycles. The molecule has 1 aliphatic rings. The molecule has 0 radical (unpaired) electrons. The smallest absolute Gasteiger partial charge is 0.298 e. The van der Waals surface area contributed by atoms with Gasteiger partial charge in [-0.1, -0.05) is 24.3 Å². The number of nitrogens with zero attached hydrogens (tertiary/aromatic N) is 4. The molecule has 2 aromatic heterocycles. The Bertz CT molecular complexity index is 1100. The fourth-order valence-electron chi connectivity index (χ4n) is 3.86. The van der Waals surface area contributed by atoms with Gasteiger partial charge in [-0.3, -0.25) is 4.79 Å². The zero-order valence-corrected chi connectivity index (χ0v) is 15.4. The Morgan fingerprint density at radius 3 is 2.86 bits per heavy atom. The summed E-state index contributed by atoms with van der Waals surface area (Å²) in [5, 5.41) is 3.06. The molecular weight excluding hydrogens is 354 g/mol. The van der Waals surface area contributed by atoms with Crippen LogP contribution in [0.1, 0.15) is 12.8 Å². The first-order valence-corrected chi connectivity index (χ1v) is 9.57. The SMILES string of the molecule is O=C(Cn1cnc2ccccc21)NCC1CCCN1c1nc2ccccc2o1. The van der Waals surface area contributed by atoms with Crippen LogP contribution in [-0.2, 0) is 11.3 Å². The van der Waals surface area contributed by atoms with E-state index < -0.39 is 0 Å². The van der Waals surface area contributed by atoms with Gasteiger partial charge < -0.3 is 19.2 Å². The summed E-state index contributed by atoms with van der Waals surface area (Å²) >= 11 is 0. The number of oxazole rings is 1. The van der Waals surface area contributed by atoms with Gasteiger partial charge in [-0.05, 0) is 37.1 Å². The number of rotatable bonds is 5. The van der Waals surface area contributed by atoms with E-state index in [1.165, 1.54) is 0 Å². The number of hydrogen-bond donors (Lipinski definition) is 1. The van der Waals surface area contributed by atoms with Gasteiger partial charge in [0.15, 0.2) is 5.58 Å². The topological polar surface area (TPSA) is 76.2 Å². The van der Waals surface area contributed by atoms with Crippen molar-refractivity contribution in [1.29, 1.82) is 0 Å². The lowest BCUT2D eigenvalue weighted by Gasteiger charge is -2.23. The van der Waals surface area contributed by atoms with Gasteiger partial charge in [-0.2, -0.15) is 4.98 Å². The van der Waals surface area contributed by atoms with Gasteiger partial charge in [0.25, 0.3) is 6.01 Å². The summed E-state index contributed by atoms with van der Waals surface area (Å²) in [5.41, 5.74) is 3.51. The van der Waals surface area contributed by atoms with Crippen LogP contribution in [0.3, 0.4) is 0 Å². The minimum absolute atomic E-state index is 0.0208. The van der Waals surface area contributed by atoms with E-state index in [0.29, 0.717) is 12.6 Å². The number of anilines is 1. The van der Waals surface area contributed by atoms with E-state index in [2.05, 4.69) is 20.2 Å². The highest BCUT2D eigenvalue weighted by Gasteiger charge is 2.28. The molecule has 0 saturated carbocycles. The number of nitrogens with one attached hydrogen (secondary N) is 1. The lowest BCUT2D eigenvalue weighted by atomic mass is 10.2. The summed E-state index contributed by atoms with van der Waals surface area (Å²) < 4.78 is 7.79. The lowest BCUT2D eigenvalue weighted by Crippen LogP contribution is -2.41. The minimum atomic E-state index is -0.0208. The zero-order valence-electron chi connectivity index (χ0n) is 15.4. The largest absolute Gasteiger partial charge is 0.423 e. The molecule has 142 valence electrons. The van der Waals surface area contributed by atoms with Crippen molar-refractivity contribution < 1.29 is 9.21 Å². The number of carbonyl (C=O) groups is 1. The summed E-state index contributed by atoms with van der Waals surface area (Å²) in [6.45, 7) is 1.72. The highest BCUT2D eigenvalue weighted by atomic mass is 16.4. The van der Waals surface area contributed by atoms with Crippen molar-refractivity contribution in [3.05, 3.63) is 54.9 Å². The maximum absolute atomic E-state index is 12.5. The number of benzene rings is 2. The van der Waals surface area contributed by atoms with Crippen molar-refractivity contribution in [2.24, 2.45) is 0 Å². The molecule has 1 aliphatic heterocycles. The Kier molecular flexibility index (Phi) is 4.20. The normalized spacial score (nSPS) is 16.9. The van der Waals surface area contributed by atoms with E-state index in [4.69, 9.17) is 4.42 Å². The average molecular weight is 375 g/mol. The van der Waals surface area contributed by atoms with Crippen LogP contribution >= 0.6 is 0 Å². The molecule has 0 bridgehead atoms. The molecular formula is C21H21N5O2. The molecule has 1 atom stereocenters. The van der Waals surface area contributed by atoms with Crippen LogP contribution in [0.2, 0.25) is 0 Å². The molecule has 0 aliphatic carbocycles. The summed E-state index contributed by atoms with van der Waals surface area (Å²) in [6, 6.07) is 16.4. The molecule has 0 spiro atoms. The van der Waals surface area contributed by atoms with Gasteiger partial charge in [-0.15, -0.1) is 0 Å². The third-order valence-corrected chi connectivity index (χ3v) is 5.28. The number of aromatic nitrogens is 3. The second kappa shape index (κ2) is 6.99. The van der Waals surface area contributed by atoms with Crippen LogP contribution in [0.5, 0.6) is 0 Å². The van der Waals surface area contributed by atoms with Crippen molar-refractivity contribution in [2.45, 2.75) is 25.4 Å². The molecule has 1 N–H and O–H groups in total. The van der Waals surface area contributed by atoms with Gasteiger partial charge in [0.05, 0.1) is 23.4 Å². The third-order valence-electron chi connectivity index (χ3n) is 5.28. The number of imidazole rings is 1. The van der Waals surface area contributed by atoms with E-state index in [9.17, 15) is 4.79 Å². The summed E-state index contributed by atoms with van der Waals surface area (Å²) in [5.74, 6) is -0.0208. The molecule has 28 heavy (non-hydrogen) atoms. The Hall–Kier alpha value is -3.35. The third kappa shape index (κ3) is 3.09. The quantitative estimate of drug-likeness (QED) is 0.580. The van der Waals surface area contributed by atoms with Gasteiger partial charge in [0, 0.05) is 13.1 Å². The van der Waals surface area contributed by atoms with E-state index in [0.717, 1.165) is 41.5 Å². The van der Waals surface area contributed by atoms with Gasteiger partial charge in [0.1, 0.15) is 12.1 Å². The van der Waals surface area contributed by atoms with Crippen LogP contribution in [0.15, 0.2) is 59.3 Å². The second-order valence-corrected chi connectivity index (χ2v) is 7.12. The molecule has 7 heteroatoms. The molecule has 4 aromatic rings. The number of hydrogen-bond acceptors (Lipinski definition) is 5. The first-order chi connectivity index (χ1) is 13.8. The molecule has 1 unspecified atom stereocenters. The molecule has 2 aromatic carbocycles. The van der Waals surface area contributed by atoms with E-state index in [1.54, 1.807) is 6.33 Å². The Labute approximate surface area is 162 Å². The zero-order chi connectivity index (χ0) is 18.9. The summed E-state index contributed by atoms with van der Waals surface area (Å²) in [6.07, 6.45) is 3.78. The van der Waals surface area contributed by atoms with E-state index in [-0.39, 0.29) is 18.5 Å². The number of para-hydroxylation sites is 4. The fourth-order valence-corrected chi connectivity index (χ4v) is 3.86. The number of fused-ring (bicyclic) bond motifs is 2. The highest BCUT2D eigenvalue weighted by Crippen LogP contribution is 2.28. The predicted octanol–water partition coefficient (Wildman–Crippen LogP) is 2.96. The maximum Gasteiger partial charge on any atom is 0.298 e. The van der Waals surface area contributed by atoms with Crippen LogP contribution in [0, 0.1) is 0 Å². The minimum Gasteiger partial charge on any atom is -0.423 e. The maximum atomic E-state index is 12.5. The Balaban J connectivity index is 1.24. The van der Waals surface area contributed by atoms with Crippen molar-refractivity contribution >= 4 is 34.1 Å². The van der Waals surface area contributed by atoms with Crippen LogP contribution in [0.4, 0.5) is 6.01 Å².